The topological polar surface area (TPSA) is 67.2 Å². The SMILES string of the molecule is CCOCCCN1C(=O)/C(=C\c2c(N3CCC(Cc4ccccc4)CC3)nc3ccccn3c2=O)SC1=S. The van der Waals surface area contributed by atoms with E-state index in [1.165, 1.54) is 17.3 Å². The molecule has 9 heteroatoms. The minimum absolute atomic E-state index is 0.165. The van der Waals surface area contributed by atoms with Gasteiger partial charge >= 0.3 is 0 Å². The lowest BCUT2D eigenvalue weighted by molar-refractivity contribution is -0.122. The molecule has 0 radical (unpaired) electrons. The third kappa shape index (κ3) is 5.85. The third-order valence-corrected chi connectivity index (χ3v) is 8.43. The summed E-state index contributed by atoms with van der Waals surface area (Å²) in [5.74, 6) is 1.06. The van der Waals surface area contributed by atoms with Crippen LogP contribution < -0.4 is 10.5 Å². The number of carbonyl (C=O) groups is 1. The number of anilines is 1. The van der Waals surface area contributed by atoms with E-state index in [-0.39, 0.29) is 11.5 Å². The summed E-state index contributed by atoms with van der Waals surface area (Å²) < 4.78 is 7.46. The molecule has 7 nitrogen and oxygen atoms in total. The number of benzene rings is 1. The molecule has 3 aromatic rings. The number of pyridine rings is 1. The van der Waals surface area contributed by atoms with Gasteiger partial charge in [0.25, 0.3) is 11.5 Å². The first-order valence-corrected chi connectivity index (χ1v) is 14.4. The van der Waals surface area contributed by atoms with E-state index in [0.717, 1.165) is 32.4 Å². The van der Waals surface area contributed by atoms with Crippen molar-refractivity contribution < 1.29 is 9.53 Å². The van der Waals surface area contributed by atoms with Crippen LogP contribution in [-0.4, -0.2) is 57.4 Å². The second kappa shape index (κ2) is 12.2. The highest BCUT2D eigenvalue weighted by molar-refractivity contribution is 8.26. The lowest BCUT2D eigenvalue weighted by Crippen LogP contribution is -2.37. The molecule has 0 unspecified atom stereocenters. The molecule has 0 atom stereocenters. The molecular formula is C29H32N4O3S2. The molecule has 1 aromatic carbocycles. The monoisotopic (exact) mass is 548 g/mol. The fourth-order valence-corrected chi connectivity index (χ4v) is 6.34. The van der Waals surface area contributed by atoms with Gasteiger partial charge < -0.3 is 9.64 Å². The Hall–Kier alpha value is -3.01. The van der Waals surface area contributed by atoms with E-state index in [1.54, 1.807) is 21.6 Å². The van der Waals surface area contributed by atoms with Crippen LogP contribution in [0, 0.1) is 5.92 Å². The van der Waals surface area contributed by atoms with Crippen LogP contribution in [0.5, 0.6) is 0 Å². The number of aromatic nitrogens is 2. The van der Waals surface area contributed by atoms with Gasteiger partial charge in [0.05, 0.1) is 10.5 Å². The van der Waals surface area contributed by atoms with E-state index in [0.29, 0.717) is 58.4 Å². The molecule has 2 saturated heterocycles. The van der Waals surface area contributed by atoms with Gasteiger partial charge in [-0.25, -0.2) is 4.98 Å². The Balaban J connectivity index is 1.41. The predicted molar refractivity (Wildman–Crippen MR) is 158 cm³/mol. The fourth-order valence-electron chi connectivity index (χ4n) is 5.05. The Bertz CT molecular complexity index is 1400. The molecule has 2 aliphatic heterocycles. The van der Waals surface area contributed by atoms with Gasteiger partial charge in [0, 0.05) is 39.0 Å². The first kappa shape index (κ1) is 26.6. The number of amides is 1. The van der Waals surface area contributed by atoms with Crippen LogP contribution in [0.3, 0.4) is 0 Å². The number of fused-ring (bicyclic) bond motifs is 1. The Morgan fingerprint density at radius 1 is 1.11 bits per heavy atom. The summed E-state index contributed by atoms with van der Waals surface area (Å²) in [6, 6.07) is 16.1. The Kier molecular flexibility index (Phi) is 8.56. The van der Waals surface area contributed by atoms with Crippen molar-refractivity contribution in [1.29, 1.82) is 0 Å². The molecule has 38 heavy (non-hydrogen) atoms. The molecule has 2 fully saturated rings. The quantitative estimate of drug-likeness (QED) is 0.217. The molecule has 0 N–H and O–H groups in total. The van der Waals surface area contributed by atoms with Crippen molar-refractivity contribution in [1.82, 2.24) is 14.3 Å². The van der Waals surface area contributed by atoms with Crippen LogP contribution in [0.1, 0.15) is 37.3 Å². The predicted octanol–water partition coefficient (Wildman–Crippen LogP) is 4.78. The number of rotatable bonds is 9. The Morgan fingerprint density at radius 2 is 1.87 bits per heavy atom. The maximum atomic E-state index is 13.7. The van der Waals surface area contributed by atoms with E-state index in [2.05, 4.69) is 29.2 Å². The average molecular weight is 549 g/mol. The van der Waals surface area contributed by atoms with E-state index in [4.69, 9.17) is 21.9 Å². The average Bonchev–Trinajstić information content (AvgIpc) is 3.21. The van der Waals surface area contributed by atoms with E-state index in [1.807, 2.05) is 31.2 Å². The van der Waals surface area contributed by atoms with Crippen molar-refractivity contribution in [2.24, 2.45) is 5.92 Å². The fraction of sp³-hybridized carbons (Fsp3) is 0.379. The minimum Gasteiger partial charge on any atom is -0.382 e. The van der Waals surface area contributed by atoms with Crippen molar-refractivity contribution in [2.75, 3.05) is 37.7 Å². The van der Waals surface area contributed by atoms with Gasteiger partial charge in [0.1, 0.15) is 15.8 Å². The van der Waals surface area contributed by atoms with Crippen LogP contribution in [0.25, 0.3) is 11.7 Å². The third-order valence-electron chi connectivity index (χ3n) is 7.05. The van der Waals surface area contributed by atoms with Gasteiger partial charge in [0.15, 0.2) is 0 Å². The summed E-state index contributed by atoms with van der Waals surface area (Å²) in [6.45, 7) is 5.29. The second-order valence-corrected chi connectivity index (χ2v) is 11.3. The molecule has 0 spiro atoms. The van der Waals surface area contributed by atoms with Gasteiger partial charge in [-0.2, -0.15) is 0 Å². The summed E-state index contributed by atoms with van der Waals surface area (Å²) in [5.41, 5.74) is 2.21. The molecule has 0 saturated carbocycles. The first-order chi connectivity index (χ1) is 18.5. The summed E-state index contributed by atoms with van der Waals surface area (Å²) >= 11 is 6.75. The zero-order valence-electron chi connectivity index (χ0n) is 21.5. The van der Waals surface area contributed by atoms with Crippen molar-refractivity contribution in [3.05, 3.63) is 81.1 Å². The lowest BCUT2D eigenvalue weighted by Gasteiger charge is -2.33. The summed E-state index contributed by atoms with van der Waals surface area (Å²) in [5, 5.41) is 0. The number of carbonyl (C=O) groups excluding carboxylic acids is 1. The van der Waals surface area contributed by atoms with Gasteiger partial charge in [0.2, 0.25) is 0 Å². The normalized spacial score (nSPS) is 17.8. The Labute approximate surface area is 232 Å². The van der Waals surface area contributed by atoms with Crippen LogP contribution in [0.2, 0.25) is 0 Å². The molecule has 5 rings (SSSR count). The smallest absolute Gasteiger partial charge is 0.267 e. The minimum atomic E-state index is -0.182. The number of thiocarbonyl (C=S) groups is 1. The molecule has 2 aromatic heterocycles. The van der Waals surface area contributed by atoms with E-state index in [9.17, 15) is 9.59 Å². The summed E-state index contributed by atoms with van der Waals surface area (Å²) in [6.07, 6.45) is 7.22. The molecule has 4 heterocycles. The lowest BCUT2D eigenvalue weighted by atomic mass is 9.90. The number of hydrogen-bond donors (Lipinski definition) is 0. The van der Waals surface area contributed by atoms with Crippen molar-refractivity contribution >= 4 is 51.7 Å². The van der Waals surface area contributed by atoms with Gasteiger partial charge in [-0.05, 0) is 62.3 Å². The maximum Gasteiger partial charge on any atom is 0.267 e. The van der Waals surface area contributed by atoms with Crippen LogP contribution in [0.4, 0.5) is 5.82 Å². The van der Waals surface area contributed by atoms with Crippen molar-refractivity contribution in [2.45, 2.75) is 32.6 Å². The number of nitrogens with zero attached hydrogens (tertiary/aromatic N) is 4. The maximum absolute atomic E-state index is 13.7. The van der Waals surface area contributed by atoms with Crippen LogP contribution >= 0.6 is 24.0 Å². The van der Waals surface area contributed by atoms with Gasteiger partial charge in [-0.3, -0.25) is 18.9 Å². The molecule has 0 aliphatic carbocycles. The zero-order chi connectivity index (χ0) is 26.5. The molecule has 2 aliphatic rings. The van der Waals surface area contributed by atoms with Crippen molar-refractivity contribution in [3.8, 4) is 0 Å². The number of hydrogen-bond acceptors (Lipinski definition) is 7. The number of ether oxygens (including phenoxy) is 1. The highest BCUT2D eigenvalue weighted by Crippen LogP contribution is 2.34. The first-order valence-electron chi connectivity index (χ1n) is 13.2. The largest absolute Gasteiger partial charge is 0.382 e. The highest BCUT2D eigenvalue weighted by atomic mass is 32.2. The van der Waals surface area contributed by atoms with Crippen LogP contribution in [-0.2, 0) is 16.0 Å². The van der Waals surface area contributed by atoms with Gasteiger partial charge in [-0.1, -0.05) is 60.4 Å². The van der Waals surface area contributed by atoms with E-state index < -0.39 is 0 Å². The number of piperidine rings is 1. The van der Waals surface area contributed by atoms with Crippen LogP contribution in [0.15, 0.2) is 64.4 Å². The zero-order valence-corrected chi connectivity index (χ0v) is 23.2. The molecular weight excluding hydrogens is 516 g/mol. The van der Waals surface area contributed by atoms with Crippen molar-refractivity contribution in [3.63, 3.8) is 0 Å². The van der Waals surface area contributed by atoms with E-state index >= 15 is 0 Å². The highest BCUT2D eigenvalue weighted by Gasteiger charge is 2.33. The number of thioether (sulfide) groups is 1. The van der Waals surface area contributed by atoms with Gasteiger partial charge in [-0.15, -0.1) is 0 Å². The molecule has 1 amide bonds. The second-order valence-electron chi connectivity index (χ2n) is 9.59. The standard InChI is InChI=1S/C29H32N4O3S2/c1-2-36-18-8-15-33-28(35)24(38-29(33)37)20-23-26(30-25-11-6-7-14-32(25)27(23)34)31-16-12-22(13-17-31)19-21-9-4-3-5-10-21/h3-7,9-11,14,20,22H,2,8,12-13,15-19H2,1H3/b24-20+. The Morgan fingerprint density at radius 3 is 2.63 bits per heavy atom. The summed E-state index contributed by atoms with van der Waals surface area (Å²) in [7, 11) is 0. The summed E-state index contributed by atoms with van der Waals surface area (Å²) in [4.78, 5) is 36.1. The molecule has 0 bridgehead atoms. The molecule has 198 valence electrons.